The van der Waals surface area contributed by atoms with E-state index in [9.17, 15) is 14.4 Å². The Morgan fingerprint density at radius 3 is 2.26 bits per heavy atom. The van der Waals surface area contributed by atoms with Gasteiger partial charge in [0.15, 0.2) is 0 Å². The van der Waals surface area contributed by atoms with Crippen molar-refractivity contribution in [2.75, 3.05) is 25.0 Å². The maximum atomic E-state index is 13.0. The fraction of sp³-hybridized carbons (Fsp3) is 0.148. The molecule has 0 fully saturated rings. The van der Waals surface area contributed by atoms with Gasteiger partial charge in [-0.2, -0.15) is 0 Å². The first-order valence-corrected chi connectivity index (χ1v) is 11.7. The van der Waals surface area contributed by atoms with E-state index in [2.05, 4.69) is 40.0 Å². The molecule has 0 spiro atoms. The number of carbonyl (C=O) groups is 3. The van der Waals surface area contributed by atoms with E-state index in [4.69, 9.17) is 9.84 Å². The van der Waals surface area contributed by atoms with E-state index in [0.717, 1.165) is 27.2 Å². The zero-order valence-corrected chi connectivity index (χ0v) is 20.3. The normalized spacial score (nSPS) is 11.8. The van der Waals surface area contributed by atoms with E-state index >= 15 is 0 Å². The predicted molar refractivity (Wildman–Crippen MR) is 137 cm³/mol. The van der Waals surface area contributed by atoms with E-state index < -0.39 is 24.5 Å². The summed E-state index contributed by atoms with van der Waals surface area (Å²) in [4.78, 5) is 38.1. The van der Waals surface area contributed by atoms with Crippen molar-refractivity contribution in [1.82, 2.24) is 4.90 Å². The molecule has 0 heterocycles. The molecule has 1 aliphatic carbocycles. The van der Waals surface area contributed by atoms with Gasteiger partial charge in [0, 0.05) is 16.9 Å². The Morgan fingerprint density at radius 1 is 1.03 bits per heavy atom. The monoisotopic (exact) mass is 534 g/mol. The van der Waals surface area contributed by atoms with Gasteiger partial charge in [0.05, 0.1) is 11.3 Å². The average Bonchev–Trinajstić information content (AvgIpc) is 3.16. The van der Waals surface area contributed by atoms with Crippen molar-refractivity contribution in [3.05, 3.63) is 101 Å². The number of anilines is 1. The number of nitrogens with one attached hydrogen (secondary N) is 1. The van der Waals surface area contributed by atoms with Gasteiger partial charge in [-0.05, 0) is 40.5 Å². The minimum absolute atomic E-state index is 0.0472. The number of carbonyl (C=O) groups excluding carboxylic acids is 2. The first kappa shape index (κ1) is 24.2. The van der Waals surface area contributed by atoms with Crippen molar-refractivity contribution in [3.8, 4) is 11.1 Å². The summed E-state index contributed by atoms with van der Waals surface area (Å²) in [6, 6.07) is 20.8. The van der Waals surface area contributed by atoms with Crippen LogP contribution in [0.4, 0.5) is 10.5 Å². The Balaban J connectivity index is 1.51. The molecule has 8 heteroatoms. The van der Waals surface area contributed by atoms with Crippen LogP contribution in [-0.4, -0.2) is 47.7 Å². The standard InChI is InChI=1S/C27H23BrN2O5/c1-2-13-30(15-25(31)32)26(33)22-12-11-17(28)14-24(22)29-27(34)35-16-23-20-9-5-3-7-18(20)19-8-4-6-10-21(19)23/h2-12,14,23H,1,13,15-16H2,(H,29,34)(H,31,32). The van der Waals surface area contributed by atoms with E-state index in [1.165, 1.54) is 12.1 Å². The molecule has 0 saturated carbocycles. The first-order valence-electron chi connectivity index (χ1n) is 10.9. The fourth-order valence-corrected chi connectivity index (χ4v) is 4.62. The summed E-state index contributed by atoms with van der Waals surface area (Å²) in [5.74, 6) is -1.80. The fourth-order valence-electron chi connectivity index (χ4n) is 4.26. The van der Waals surface area contributed by atoms with Crippen molar-refractivity contribution in [2.24, 2.45) is 0 Å². The number of halogens is 1. The molecule has 7 nitrogen and oxygen atoms in total. The number of rotatable bonds is 8. The third kappa shape index (κ3) is 5.27. The van der Waals surface area contributed by atoms with Gasteiger partial charge >= 0.3 is 12.1 Å². The molecule has 0 atom stereocenters. The third-order valence-electron chi connectivity index (χ3n) is 5.76. The number of carboxylic acids is 1. The molecule has 178 valence electrons. The summed E-state index contributed by atoms with van der Waals surface area (Å²) in [6.07, 6.45) is 0.728. The number of nitrogens with zero attached hydrogens (tertiary/aromatic N) is 1. The molecular formula is C27H23BrN2O5. The molecule has 0 bridgehead atoms. The molecule has 0 aliphatic heterocycles. The molecule has 3 aromatic rings. The maximum Gasteiger partial charge on any atom is 0.411 e. The highest BCUT2D eigenvalue weighted by Gasteiger charge is 2.29. The van der Waals surface area contributed by atoms with Crippen molar-refractivity contribution < 1.29 is 24.2 Å². The van der Waals surface area contributed by atoms with Crippen molar-refractivity contribution >= 4 is 39.6 Å². The van der Waals surface area contributed by atoms with Gasteiger partial charge in [-0.1, -0.05) is 70.5 Å². The second-order valence-electron chi connectivity index (χ2n) is 8.01. The molecule has 1 aliphatic rings. The number of fused-ring (bicyclic) bond motifs is 3. The lowest BCUT2D eigenvalue weighted by atomic mass is 9.98. The van der Waals surface area contributed by atoms with Gasteiger partial charge in [0.25, 0.3) is 5.91 Å². The lowest BCUT2D eigenvalue weighted by Crippen LogP contribution is -2.36. The number of ether oxygens (including phenoxy) is 1. The largest absolute Gasteiger partial charge is 0.480 e. The third-order valence-corrected chi connectivity index (χ3v) is 6.25. The Bertz CT molecular complexity index is 1260. The molecule has 0 unspecified atom stereocenters. The van der Waals surface area contributed by atoms with Gasteiger partial charge < -0.3 is 14.7 Å². The predicted octanol–water partition coefficient (Wildman–Crippen LogP) is 5.52. The molecule has 0 saturated heterocycles. The highest BCUT2D eigenvalue weighted by Crippen LogP contribution is 2.44. The minimum atomic E-state index is -1.15. The van der Waals surface area contributed by atoms with E-state index in [0.29, 0.717) is 4.47 Å². The van der Waals surface area contributed by atoms with Crippen LogP contribution in [-0.2, 0) is 9.53 Å². The first-order chi connectivity index (χ1) is 16.9. The summed E-state index contributed by atoms with van der Waals surface area (Å²) in [7, 11) is 0. The van der Waals surface area contributed by atoms with Gasteiger partial charge in [0.1, 0.15) is 13.2 Å². The number of carboxylic acid groups (broad SMARTS) is 1. The summed E-state index contributed by atoms with van der Waals surface area (Å²) >= 11 is 3.35. The summed E-state index contributed by atoms with van der Waals surface area (Å²) in [6.45, 7) is 3.26. The topological polar surface area (TPSA) is 95.9 Å². The van der Waals surface area contributed by atoms with Crippen LogP contribution in [0.5, 0.6) is 0 Å². The van der Waals surface area contributed by atoms with Gasteiger partial charge in [-0.25, -0.2) is 4.79 Å². The van der Waals surface area contributed by atoms with E-state index in [-0.39, 0.29) is 30.3 Å². The van der Waals surface area contributed by atoms with Crippen LogP contribution in [0.3, 0.4) is 0 Å². The molecule has 2 N–H and O–H groups in total. The van der Waals surface area contributed by atoms with Crippen LogP contribution in [0.1, 0.15) is 27.4 Å². The summed E-state index contributed by atoms with van der Waals surface area (Å²) in [5.41, 5.74) is 4.78. The van der Waals surface area contributed by atoms with Crippen LogP contribution < -0.4 is 5.32 Å². The highest BCUT2D eigenvalue weighted by atomic mass is 79.9. The van der Waals surface area contributed by atoms with Crippen LogP contribution in [0.25, 0.3) is 11.1 Å². The second kappa shape index (κ2) is 10.6. The van der Waals surface area contributed by atoms with E-state index in [1.54, 1.807) is 12.1 Å². The quantitative estimate of drug-likeness (QED) is 0.371. The Morgan fingerprint density at radius 2 is 1.66 bits per heavy atom. The lowest BCUT2D eigenvalue weighted by molar-refractivity contribution is -0.137. The molecule has 3 aromatic carbocycles. The number of benzene rings is 3. The van der Waals surface area contributed by atoms with Crippen LogP contribution >= 0.6 is 15.9 Å². The van der Waals surface area contributed by atoms with Gasteiger partial charge in [-0.15, -0.1) is 6.58 Å². The maximum absolute atomic E-state index is 13.0. The molecule has 35 heavy (non-hydrogen) atoms. The molecule has 0 aromatic heterocycles. The Labute approximate surface area is 211 Å². The highest BCUT2D eigenvalue weighted by molar-refractivity contribution is 9.10. The number of hydrogen-bond acceptors (Lipinski definition) is 4. The Kier molecular flexibility index (Phi) is 7.31. The minimum Gasteiger partial charge on any atom is -0.480 e. The summed E-state index contributed by atoms with van der Waals surface area (Å²) in [5, 5.41) is 11.8. The van der Waals surface area contributed by atoms with Gasteiger partial charge in [0.2, 0.25) is 0 Å². The van der Waals surface area contributed by atoms with Crippen LogP contribution in [0.15, 0.2) is 83.9 Å². The molecule has 4 rings (SSSR count). The van der Waals surface area contributed by atoms with Crippen LogP contribution in [0.2, 0.25) is 0 Å². The molecular weight excluding hydrogens is 512 g/mol. The number of hydrogen-bond donors (Lipinski definition) is 2. The SMILES string of the molecule is C=CCN(CC(=O)O)C(=O)c1ccc(Br)cc1NC(=O)OCC1c2ccccc2-c2ccccc21. The lowest BCUT2D eigenvalue weighted by Gasteiger charge is -2.21. The average molecular weight is 535 g/mol. The van der Waals surface area contributed by atoms with Gasteiger partial charge in [-0.3, -0.25) is 14.9 Å². The number of aliphatic carboxylic acids is 1. The zero-order chi connectivity index (χ0) is 24.9. The van der Waals surface area contributed by atoms with E-state index in [1.807, 2.05) is 36.4 Å². The second-order valence-corrected chi connectivity index (χ2v) is 8.92. The van der Waals surface area contributed by atoms with Crippen LogP contribution in [0, 0.1) is 0 Å². The molecule has 0 radical (unpaired) electrons. The van der Waals surface area contributed by atoms with Crippen molar-refractivity contribution in [3.63, 3.8) is 0 Å². The zero-order valence-electron chi connectivity index (χ0n) is 18.7. The molecule has 2 amide bonds. The Hall–Kier alpha value is -3.91. The summed E-state index contributed by atoms with van der Waals surface area (Å²) < 4.78 is 6.23. The van der Waals surface area contributed by atoms with Crippen molar-refractivity contribution in [2.45, 2.75) is 5.92 Å². The number of amides is 2. The van der Waals surface area contributed by atoms with Crippen molar-refractivity contribution in [1.29, 1.82) is 0 Å². The smallest absolute Gasteiger partial charge is 0.411 e.